The van der Waals surface area contributed by atoms with Gasteiger partial charge in [0.1, 0.15) is 12.1 Å². The Balaban J connectivity index is 1.65. The highest BCUT2D eigenvalue weighted by molar-refractivity contribution is 5.48. The van der Waals surface area contributed by atoms with Gasteiger partial charge in [0, 0.05) is 32.2 Å². The van der Waals surface area contributed by atoms with Crippen LogP contribution >= 0.6 is 0 Å². The Hall–Kier alpha value is -2.68. The number of benzene rings is 1. The van der Waals surface area contributed by atoms with Crippen molar-refractivity contribution in [1.82, 2.24) is 19.6 Å². The Morgan fingerprint density at radius 1 is 1.21 bits per heavy atom. The normalized spacial score (nSPS) is 19.8. The molecule has 1 aromatic carbocycles. The molecule has 0 radical (unpaired) electrons. The smallest absolute Gasteiger partial charge is 0.378 e. The van der Waals surface area contributed by atoms with Gasteiger partial charge in [-0.2, -0.15) is 27.8 Å². The Bertz CT molecular complexity index is 986. The molecule has 9 heteroatoms. The van der Waals surface area contributed by atoms with E-state index in [0.717, 1.165) is 36.3 Å². The fourth-order valence-corrected chi connectivity index (χ4v) is 4.20. The van der Waals surface area contributed by atoms with Crippen LogP contribution in [0.4, 0.5) is 19.0 Å². The highest BCUT2D eigenvalue weighted by Crippen LogP contribution is 2.40. The molecular weight excluding hydrogens is 383 g/mol. The van der Waals surface area contributed by atoms with Crippen molar-refractivity contribution in [2.75, 3.05) is 19.1 Å². The lowest BCUT2D eigenvalue weighted by Gasteiger charge is -2.32. The second-order valence-corrected chi connectivity index (χ2v) is 7.35. The van der Waals surface area contributed by atoms with Gasteiger partial charge in [0.15, 0.2) is 0 Å². The molecule has 0 amide bonds. The van der Waals surface area contributed by atoms with Crippen molar-refractivity contribution in [3.05, 3.63) is 53.5 Å². The summed E-state index contributed by atoms with van der Waals surface area (Å²) in [4.78, 5) is 10.8. The standard InChI is InChI=1S/C20H22F3N5O/c1-27(18-10-15(11-29-2)26-19-24-12-25-28(18)19)17-5-3-4-16(17)13-6-8-14(9-7-13)20(21,22)23/h6-10,12,16-17H,3-5,11H2,1-2H3. The summed E-state index contributed by atoms with van der Waals surface area (Å²) >= 11 is 0. The predicted molar refractivity (Wildman–Crippen MR) is 102 cm³/mol. The van der Waals surface area contributed by atoms with Crippen LogP contribution in [0.25, 0.3) is 5.78 Å². The Morgan fingerprint density at radius 3 is 2.66 bits per heavy atom. The zero-order valence-corrected chi connectivity index (χ0v) is 16.2. The summed E-state index contributed by atoms with van der Waals surface area (Å²) in [5.41, 5.74) is 1.05. The summed E-state index contributed by atoms with van der Waals surface area (Å²) in [6, 6.07) is 7.61. The lowest BCUT2D eigenvalue weighted by atomic mass is 9.92. The Morgan fingerprint density at radius 2 is 1.97 bits per heavy atom. The zero-order valence-electron chi connectivity index (χ0n) is 16.2. The third-order valence-electron chi connectivity index (χ3n) is 5.58. The van der Waals surface area contributed by atoms with Crippen LogP contribution in [0.15, 0.2) is 36.7 Å². The molecule has 0 N–H and O–H groups in total. The van der Waals surface area contributed by atoms with Crippen LogP contribution < -0.4 is 4.90 Å². The maximum absolute atomic E-state index is 12.9. The van der Waals surface area contributed by atoms with Gasteiger partial charge in [0.25, 0.3) is 5.78 Å². The van der Waals surface area contributed by atoms with E-state index >= 15 is 0 Å². The van der Waals surface area contributed by atoms with E-state index in [1.807, 2.05) is 13.1 Å². The summed E-state index contributed by atoms with van der Waals surface area (Å²) < 4.78 is 45.6. The minimum absolute atomic E-state index is 0.136. The number of likely N-dealkylation sites (N-methyl/N-ethyl adjacent to an activating group) is 1. The van der Waals surface area contributed by atoms with Gasteiger partial charge in [-0.05, 0) is 30.5 Å². The van der Waals surface area contributed by atoms with Gasteiger partial charge in [-0.25, -0.2) is 4.98 Å². The number of halogens is 3. The number of rotatable bonds is 5. The van der Waals surface area contributed by atoms with E-state index in [-0.39, 0.29) is 12.0 Å². The molecule has 0 aliphatic heterocycles. The van der Waals surface area contributed by atoms with Crippen molar-refractivity contribution in [2.45, 2.75) is 44.0 Å². The number of fused-ring (bicyclic) bond motifs is 1. The van der Waals surface area contributed by atoms with Crippen molar-refractivity contribution < 1.29 is 17.9 Å². The molecule has 0 bridgehead atoms. The first-order valence-electron chi connectivity index (χ1n) is 9.47. The summed E-state index contributed by atoms with van der Waals surface area (Å²) in [5.74, 6) is 1.47. The first-order valence-corrected chi connectivity index (χ1v) is 9.47. The lowest BCUT2D eigenvalue weighted by Crippen LogP contribution is -2.35. The molecule has 2 unspecified atom stereocenters. The highest BCUT2D eigenvalue weighted by Gasteiger charge is 2.34. The van der Waals surface area contributed by atoms with Crippen molar-refractivity contribution in [2.24, 2.45) is 0 Å². The summed E-state index contributed by atoms with van der Waals surface area (Å²) in [5, 5.41) is 4.28. The number of hydrogen-bond donors (Lipinski definition) is 0. The van der Waals surface area contributed by atoms with Crippen LogP contribution in [0.5, 0.6) is 0 Å². The molecule has 2 aromatic heterocycles. The van der Waals surface area contributed by atoms with Gasteiger partial charge >= 0.3 is 6.18 Å². The molecular formula is C20H22F3N5O. The number of anilines is 1. The number of alkyl halides is 3. The van der Waals surface area contributed by atoms with Crippen molar-refractivity contribution in [3.63, 3.8) is 0 Å². The van der Waals surface area contributed by atoms with E-state index in [1.165, 1.54) is 18.5 Å². The molecule has 2 atom stereocenters. The Kier molecular flexibility index (Phi) is 5.16. The van der Waals surface area contributed by atoms with E-state index in [4.69, 9.17) is 4.74 Å². The molecule has 1 aliphatic carbocycles. The minimum Gasteiger partial charge on any atom is -0.378 e. The number of ether oxygens (including phenoxy) is 1. The summed E-state index contributed by atoms with van der Waals surface area (Å²) in [7, 11) is 3.59. The van der Waals surface area contributed by atoms with Crippen LogP contribution in [0.3, 0.4) is 0 Å². The fraction of sp³-hybridized carbons (Fsp3) is 0.450. The van der Waals surface area contributed by atoms with Crippen LogP contribution in [0, 0.1) is 0 Å². The van der Waals surface area contributed by atoms with Crippen molar-refractivity contribution in [3.8, 4) is 0 Å². The van der Waals surface area contributed by atoms with E-state index in [2.05, 4.69) is 20.0 Å². The predicted octanol–water partition coefficient (Wildman–Crippen LogP) is 4.06. The summed E-state index contributed by atoms with van der Waals surface area (Å²) in [6.45, 7) is 0.358. The third-order valence-corrected chi connectivity index (χ3v) is 5.58. The molecule has 4 rings (SSSR count). The van der Waals surface area contributed by atoms with Gasteiger partial charge in [-0.15, -0.1) is 0 Å². The van der Waals surface area contributed by atoms with Crippen LogP contribution in [-0.4, -0.2) is 39.8 Å². The monoisotopic (exact) mass is 405 g/mol. The maximum Gasteiger partial charge on any atom is 0.416 e. The van der Waals surface area contributed by atoms with Crippen LogP contribution in [-0.2, 0) is 17.5 Å². The van der Waals surface area contributed by atoms with Gasteiger partial charge in [-0.3, -0.25) is 0 Å². The van der Waals surface area contributed by atoms with Gasteiger partial charge in [0.05, 0.1) is 17.9 Å². The highest BCUT2D eigenvalue weighted by atomic mass is 19.4. The van der Waals surface area contributed by atoms with Gasteiger partial charge < -0.3 is 9.64 Å². The molecule has 1 saturated carbocycles. The molecule has 0 spiro atoms. The van der Waals surface area contributed by atoms with Crippen molar-refractivity contribution in [1.29, 1.82) is 0 Å². The van der Waals surface area contributed by atoms with E-state index in [1.54, 1.807) is 23.8 Å². The molecule has 29 heavy (non-hydrogen) atoms. The zero-order chi connectivity index (χ0) is 20.6. The topological polar surface area (TPSA) is 55.6 Å². The van der Waals surface area contributed by atoms with Crippen molar-refractivity contribution >= 4 is 11.6 Å². The van der Waals surface area contributed by atoms with E-state index < -0.39 is 11.7 Å². The first kappa shape index (κ1) is 19.6. The number of aromatic nitrogens is 4. The van der Waals surface area contributed by atoms with Crippen LogP contribution in [0.2, 0.25) is 0 Å². The average molecular weight is 405 g/mol. The molecule has 2 heterocycles. The largest absolute Gasteiger partial charge is 0.416 e. The first-order chi connectivity index (χ1) is 13.9. The molecule has 3 aromatic rings. The maximum atomic E-state index is 12.9. The van der Waals surface area contributed by atoms with E-state index in [9.17, 15) is 13.2 Å². The number of hydrogen-bond acceptors (Lipinski definition) is 5. The number of methoxy groups -OCH3 is 1. The SMILES string of the molecule is COCc1cc(N(C)C2CCCC2c2ccc(C(F)(F)F)cc2)n2ncnc2n1. The van der Waals surface area contributed by atoms with Crippen LogP contribution in [0.1, 0.15) is 42.0 Å². The molecule has 6 nitrogen and oxygen atoms in total. The molecule has 0 saturated heterocycles. The quantitative estimate of drug-likeness (QED) is 0.641. The lowest BCUT2D eigenvalue weighted by molar-refractivity contribution is -0.137. The third kappa shape index (κ3) is 3.78. The Labute approximate surface area is 166 Å². The molecule has 154 valence electrons. The average Bonchev–Trinajstić information content (AvgIpc) is 3.36. The van der Waals surface area contributed by atoms with Gasteiger partial charge in [0.2, 0.25) is 0 Å². The number of nitrogens with zero attached hydrogens (tertiary/aromatic N) is 5. The minimum atomic E-state index is -4.32. The second kappa shape index (κ2) is 7.62. The van der Waals surface area contributed by atoms with Gasteiger partial charge in [-0.1, -0.05) is 18.6 Å². The molecule has 1 fully saturated rings. The molecule has 1 aliphatic rings. The summed E-state index contributed by atoms with van der Waals surface area (Å²) in [6.07, 6.45) is 0.0184. The second-order valence-electron chi connectivity index (χ2n) is 7.35. The fourth-order valence-electron chi connectivity index (χ4n) is 4.20. The van der Waals surface area contributed by atoms with E-state index in [0.29, 0.717) is 12.4 Å².